The number of nitrogens with zero attached hydrogens (tertiary/aromatic N) is 6. The number of amides is 2. The van der Waals surface area contributed by atoms with Crippen molar-refractivity contribution < 1.29 is 9.59 Å². The number of alkyl halides is 2. The highest BCUT2D eigenvalue weighted by Crippen LogP contribution is 2.26. The first-order valence-corrected chi connectivity index (χ1v) is 15.9. The Bertz CT molecular complexity index is 1410. The summed E-state index contributed by atoms with van der Waals surface area (Å²) in [7, 11) is 9.66. The number of carbonyl (C=O) groups is 2. The molecule has 10 nitrogen and oxygen atoms in total. The van der Waals surface area contributed by atoms with E-state index in [1.54, 1.807) is 7.05 Å². The average molecular weight is 682 g/mol. The first-order chi connectivity index (χ1) is 21.0. The second-order valence-corrected chi connectivity index (χ2v) is 12.0. The molecule has 1 heterocycles. The van der Waals surface area contributed by atoms with Crippen LogP contribution in [0.3, 0.4) is 0 Å². The van der Waals surface area contributed by atoms with Gasteiger partial charge < -0.3 is 30.2 Å². The van der Waals surface area contributed by atoms with Crippen molar-refractivity contribution in [2.75, 3.05) is 86.6 Å². The second-order valence-electron chi connectivity index (χ2n) is 11.2. The number of aryl methyl sites for hydroxylation is 1. The minimum atomic E-state index is -0.400. The summed E-state index contributed by atoms with van der Waals surface area (Å²) in [4.78, 5) is 35.3. The van der Waals surface area contributed by atoms with E-state index in [1.165, 1.54) is 10.7 Å². The average Bonchev–Trinajstić information content (AvgIpc) is 3.35. The van der Waals surface area contributed by atoms with Gasteiger partial charge >= 0.3 is 0 Å². The van der Waals surface area contributed by atoms with Crippen LogP contribution in [0.4, 0.5) is 22.7 Å². The van der Waals surface area contributed by atoms with E-state index in [0.717, 1.165) is 35.6 Å². The molecular formula is C32H47Cl3N8O2. The van der Waals surface area contributed by atoms with Gasteiger partial charge in [0.2, 0.25) is 0 Å². The first-order valence-electron chi connectivity index (χ1n) is 14.8. The van der Waals surface area contributed by atoms with Crippen LogP contribution >= 0.6 is 35.6 Å². The lowest BCUT2D eigenvalue weighted by Gasteiger charge is -2.24. The summed E-state index contributed by atoms with van der Waals surface area (Å²) < 4.78 is 1.42. The number of rotatable bonds is 16. The molecule has 3 aromatic rings. The van der Waals surface area contributed by atoms with E-state index in [0.29, 0.717) is 49.3 Å². The predicted molar refractivity (Wildman–Crippen MR) is 191 cm³/mol. The molecule has 0 radical (unpaired) electrons. The van der Waals surface area contributed by atoms with Crippen molar-refractivity contribution in [3.63, 3.8) is 0 Å². The maximum absolute atomic E-state index is 13.4. The Kier molecular flexibility index (Phi) is 15.4. The third kappa shape index (κ3) is 11.1. The van der Waals surface area contributed by atoms with Gasteiger partial charge in [-0.1, -0.05) is 0 Å². The number of aromatic nitrogens is 2. The first kappa shape index (κ1) is 38.2. The lowest BCUT2D eigenvalue weighted by molar-refractivity contribution is 0.101. The topological polar surface area (TPSA) is 89.0 Å². The molecule has 0 saturated carbocycles. The van der Waals surface area contributed by atoms with Gasteiger partial charge in [0.25, 0.3) is 11.8 Å². The van der Waals surface area contributed by atoms with Crippen molar-refractivity contribution in [2.45, 2.75) is 26.9 Å². The third-order valence-electron chi connectivity index (χ3n) is 7.02. The molecule has 1 aromatic heterocycles. The molecule has 2 aromatic carbocycles. The molecular weight excluding hydrogens is 635 g/mol. The molecule has 248 valence electrons. The van der Waals surface area contributed by atoms with E-state index in [4.69, 9.17) is 23.2 Å². The van der Waals surface area contributed by atoms with Gasteiger partial charge in [0.05, 0.1) is 0 Å². The number of anilines is 4. The molecule has 0 aliphatic carbocycles. The third-order valence-corrected chi connectivity index (χ3v) is 7.35. The Labute approximate surface area is 284 Å². The highest BCUT2D eigenvalue weighted by molar-refractivity contribution is 6.18. The SMILES string of the molecule is CCN(CCCl)c1cc(CN(C)C)cc(NC(=O)c2cc(C(=O)Nc3cc(CN(C)C)cc(N(CC)CCCl)c3)n(C)n2)c1.Cl. The summed E-state index contributed by atoms with van der Waals surface area (Å²) in [6, 6.07) is 13.5. The van der Waals surface area contributed by atoms with Crippen LogP contribution in [0.25, 0.3) is 0 Å². The summed E-state index contributed by atoms with van der Waals surface area (Å²) in [5.41, 5.74) is 5.80. The van der Waals surface area contributed by atoms with Crippen molar-refractivity contribution >= 4 is 70.2 Å². The van der Waals surface area contributed by atoms with Crippen LogP contribution in [0.1, 0.15) is 46.0 Å². The van der Waals surface area contributed by atoms with E-state index >= 15 is 0 Å². The zero-order chi connectivity index (χ0) is 32.4. The predicted octanol–water partition coefficient (Wildman–Crippen LogP) is 5.60. The fourth-order valence-corrected chi connectivity index (χ4v) is 5.50. The lowest BCUT2D eigenvalue weighted by atomic mass is 10.1. The van der Waals surface area contributed by atoms with E-state index in [-0.39, 0.29) is 29.7 Å². The van der Waals surface area contributed by atoms with Crippen molar-refractivity contribution in [1.82, 2.24) is 19.6 Å². The van der Waals surface area contributed by atoms with Crippen LogP contribution in [0.5, 0.6) is 0 Å². The number of halogens is 3. The molecule has 2 N–H and O–H groups in total. The van der Waals surface area contributed by atoms with Crippen molar-refractivity contribution in [3.8, 4) is 0 Å². The molecule has 0 fully saturated rings. The number of carbonyl (C=O) groups excluding carboxylic acids is 2. The van der Waals surface area contributed by atoms with E-state index in [1.807, 2.05) is 52.5 Å². The van der Waals surface area contributed by atoms with Crippen LogP contribution in [-0.2, 0) is 20.1 Å². The van der Waals surface area contributed by atoms with Crippen LogP contribution in [0, 0.1) is 0 Å². The van der Waals surface area contributed by atoms with Gasteiger partial charge in [0.1, 0.15) is 5.69 Å². The summed E-state index contributed by atoms with van der Waals surface area (Å²) in [6.45, 7) is 8.53. The maximum atomic E-state index is 13.4. The summed E-state index contributed by atoms with van der Waals surface area (Å²) in [5.74, 6) is 0.238. The monoisotopic (exact) mass is 680 g/mol. The molecule has 13 heteroatoms. The number of nitrogens with one attached hydrogen (secondary N) is 2. The van der Waals surface area contributed by atoms with E-state index in [9.17, 15) is 9.59 Å². The summed E-state index contributed by atoms with van der Waals surface area (Å²) in [6.07, 6.45) is 0. The lowest BCUT2D eigenvalue weighted by Crippen LogP contribution is -2.25. The van der Waals surface area contributed by atoms with Crippen LogP contribution < -0.4 is 20.4 Å². The van der Waals surface area contributed by atoms with E-state index in [2.05, 4.69) is 61.3 Å². The zero-order valence-electron chi connectivity index (χ0n) is 27.4. The van der Waals surface area contributed by atoms with Gasteiger partial charge in [-0.2, -0.15) is 5.10 Å². The minimum absolute atomic E-state index is 0. The molecule has 45 heavy (non-hydrogen) atoms. The molecule has 3 rings (SSSR count). The number of hydrogen-bond donors (Lipinski definition) is 2. The molecule has 0 unspecified atom stereocenters. The summed E-state index contributed by atoms with van der Waals surface area (Å²) in [5, 5.41) is 10.4. The molecule has 0 spiro atoms. The minimum Gasteiger partial charge on any atom is -0.371 e. The molecule has 0 aliphatic heterocycles. The van der Waals surface area contributed by atoms with Gasteiger partial charge in [-0.25, -0.2) is 0 Å². The quantitative estimate of drug-likeness (QED) is 0.190. The molecule has 0 atom stereocenters. The van der Waals surface area contributed by atoms with Crippen LogP contribution in [-0.4, -0.2) is 97.5 Å². The second kappa shape index (κ2) is 18.2. The molecule has 0 saturated heterocycles. The molecule has 0 bridgehead atoms. The number of benzene rings is 2. The Balaban J connectivity index is 0.00000705. The van der Waals surface area contributed by atoms with Crippen LogP contribution in [0.15, 0.2) is 42.5 Å². The largest absolute Gasteiger partial charge is 0.371 e. The molecule has 2 amide bonds. The standard InChI is InChI=1S/C32H46Cl2N8O2.ClH/c1-8-41(12-10-33)27-16-23(21-38(3)4)14-25(18-27)35-31(43)29-20-30(40(7)37-29)32(44)36-26-15-24(22-39(5)6)17-28(19-26)42(9-2)13-11-34;/h14-20H,8-13,21-22H2,1-7H3,(H,35,43)(H,36,44);1H. The van der Waals surface area contributed by atoms with Gasteiger partial charge in [-0.3, -0.25) is 14.3 Å². The fourth-order valence-electron chi connectivity index (χ4n) is 5.09. The normalized spacial score (nSPS) is 11.0. The smallest absolute Gasteiger partial charge is 0.276 e. The number of hydrogen-bond acceptors (Lipinski definition) is 7. The molecule has 0 aliphatic rings. The fraction of sp³-hybridized carbons (Fsp3) is 0.469. The van der Waals surface area contributed by atoms with Crippen molar-refractivity contribution in [3.05, 3.63) is 65.0 Å². The van der Waals surface area contributed by atoms with Gasteiger partial charge in [-0.15, -0.1) is 35.6 Å². The maximum Gasteiger partial charge on any atom is 0.276 e. The highest BCUT2D eigenvalue weighted by atomic mass is 35.5. The van der Waals surface area contributed by atoms with Crippen molar-refractivity contribution in [1.29, 1.82) is 0 Å². The van der Waals surface area contributed by atoms with Crippen molar-refractivity contribution in [2.24, 2.45) is 7.05 Å². The van der Waals surface area contributed by atoms with E-state index < -0.39 is 5.91 Å². The Morgan fingerprint density at radius 1 is 0.733 bits per heavy atom. The Morgan fingerprint density at radius 3 is 1.58 bits per heavy atom. The zero-order valence-corrected chi connectivity index (χ0v) is 29.7. The van der Waals surface area contributed by atoms with Gasteiger partial charge in [0.15, 0.2) is 5.69 Å². The Hall–Kier alpha value is -3.02. The highest BCUT2D eigenvalue weighted by Gasteiger charge is 2.20. The van der Waals surface area contributed by atoms with Crippen LogP contribution in [0.2, 0.25) is 0 Å². The van der Waals surface area contributed by atoms with Gasteiger partial charge in [-0.05, 0) is 89.6 Å². The van der Waals surface area contributed by atoms with Gasteiger partial charge in [0, 0.05) is 86.9 Å². The Morgan fingerprint density at radius 2 is 1.18 bits per heavy atom. The summed E-state index contributed by atoms with van der Waals surface area (Å²) >= 11 is 12.1.